The van der Waals surface area contributed by atoms with E-state index < -0.39 is 6.04 Å². The van der Waals surface area contributed by atoms with E-state index >= 15 is 0 Å². The van der Waals surface area contributed by atoms with Crippen LogP contribution in [0.2, 0.25) is 10.0 Å². The fourth-order valence-corrected chi connectivity index (χ4v) is 4.43. The Kier molecular flexibility index (Phi) is 11.4. The van der Waals surface area contributed by atoms with Gasteiger partial charge in [0.2, 0.25) is 11.8 Å². The van der Waals surface area contributed by atoms with E-state index in [-0.39, 0.29) is 17.9 Å². The quantitative estimate of drug-likeness (QED) is 0.267. The lowest BCUT2D eigenvalue weighted by Crippen LogP contribution is -2.50. The Labute approximate surface area is 206 Å². The van der Waals surface area contributed by atoms with Crippen LogP contribution < -0.4 is 5.32 Å². The molecule has 2 amide bonds. The fourth-order valence-electron chi connectivity index (χ4n) is 3.26. The summed E-state index contributed by atoms with van der Waals surface area (Å²) in [7, 11) is 0. The highest BCUT2D eigenvalue weighted by molar-refractivity contribution is 7.99. The maximum Gasteiger partial charge on any atom is 0.243 e. The van der Waals surface area contributed by atoms with Crippen molar-refractivity contribution in [2.45, 2.75) is 70.0 Å². The van der Waals surface area contributed by atoms with Gasteiger partial charge in [-0.1, -0.05) is 55.2 Å². The minimum absolute atomic E-state index is 0.0345. The van der Waals surface area contributed by atoms with Gasteiger partial charge >= 0.3 is 0 Å². The Balaban J connectivity index is 2.07. The molecule has 2 atom stereocenters. The summed E-state index contributed by atoms with van der Waals surface area (Å²) in [6.45, 7) is 6.25. The molecule has 2 rings (SSSR count). The molecule has 0 fully saturated rings. The van der Waals surface area contributed by atoms with Gasteiger partial charge in [-0.25, -0.2) is 0 Å². The number of thioether (sulfide) groups is 1. The average molecular weight is 496 g/mol. The first-order chi connectivity index (χ1) is 15.3. The van der Waals surface area contributed by atoms with Crippen molar-refractivity contribution in [3.05, 3.63) is 64.1 Å². The van der Waals surface area contributed by atoms with Crippen LogP contribution in [0.3, 0.4) is 0 Å². The molecule has 0 unspecified atom stereocenters. The molecule has 174 valence electrons. The van der Waals surface area contributed by atoms with Crippen molar-refractivity contribution >= 4 is 46.8 Å². The summed E-state index contributed by atoms with van der Waals surface area (Å²) in [5, 5.41) is 4.34. The van der Waals surface area contributed by atoms with Gasteiger partial charge in [0, 0.05) is 33.9 Å². The first-order valence-corrected chi connectivity index (χ1v) is 12.8. The number of carbonyl (C=O) groups is 2. The Morgan fingerprint density at radius 1 is 1.03 bits per heavy atom. The van der Waals surface area contributed by atoms with Gasteiger partial charge in [0.05, 0.1) is 0 Å². The van der Waals surface area contributed by atoms with Crippen LogP contribution in [-0.2, 0) is 16.1 Å². The lowest BCUT2D eigenvalue weighted by atomic mass is 10.1. The minimum Gasteiger partial charge on any atom is -0.352 e. The molecule has 0 aromatic heterocycles. The van der Waals surface area contributed by atoms with Gasteiger partial charge in [0.15, 0.2) is 0 Å². The van der Waals surface area contributed by atoms with E-state index in [2.05, 4.69) is 5.32 Å². The van der Waals surface area contributed by atoms with Crippen molar-refractivity contribution in [1.29, 1.82) is 0 Å². The number of benzene rings is 2. The molecule has 2 aromatic carbocycles. The molecule has 0 aliphatic rings. The first kappa shape index (κ1) is 26.6. The van der Waals surface area contributed by atoms with Gasteiger partial charge in [-0.3, -0.25) is 9.59 Å². The molecule has 0 saturated heterocycles. The molecule has 7 heteroatoms. The number of halogens is 2. The van der Waals surface area contributed by atoms with E-state index in [9.17, 15) is 9.59 Å². The van der Waals surface area contributed by atoms with Gasteiger partial charge < -0.3 is 10.2 Å². The smallest absolute Gasteiger partial charge is 0.243 e. The molecule has 0 heterocycles. The van der Waals surface area contributed by atoms with Crippen LogP contribution in [0.5, 0.6) is 0 Å². The monoisotopic (exact) mass is 494 g/mol. The molecule has 0 bridgehead atoms. The summed E-state index contributed by atoms with van der Waals surface area (Å²) in [5.74, 6) is 0.661. The third-order valence-corrected chi connectivity index (χ3v) is 7.02. The molecule has 32 heavy (non-hydrogen) atoms. The Morgan fingerprint density at radius 3 is 2.34 bits per heavy atom. The number of nitrogens with one attached hydrogen (secondary N) is 1. The van der Waals surface area contributed by atoms with Crippen LogP contribution in [0.25, 0.3) is 0 Å². The Morgan fingerprint density at radius 2 is 1.72 bits per heavy atom. The molecule has 1 N–H and O–H groups in total. The van der Waals surface area contributed by atoms with Crippen LogP contribution in [0, 0.1) is 0 Å². The highest BCUT2D eigenvalue weighted by atomic mass is 35.5. The molecule has 0 aliphatic carbocycles. The van der Waals surface area contributed by atoms with Crippen LogP contribution >= 0.6 is 35.0 Å². The van der Waals surface area contributed by atoms with Gasteiger partial charge in [-0.15, -0.1) is 11.8 Å². The van der Waals surface area contributed by atoms with E-state index in [1.165, 1.54) is 0 Å². The highest BCUT2D eigenvalue weighted by Gasteiger charge is 2.29. The summed E-state index contributed by atoms with van der Waals surface area (Å²) in [6.07, 6.45) is 2.47. The van der Waals surface area contributed by atoms with Crippen molar-refractivity contribution in [3.63, 3.8) is 0 Å². The minimum atomic E-state index is -0.531. The van der Waals surface area contributed by atoms with E-state index in [0.29, 0.717) is 35.9 Å². The summed E-state index contributed by atoms with van der Waals surface area (Å²) >= 11 is 14.0. The predicted octanol–water partition coefficient (Wildman–Crippen LogP) is 6.59. The second-order valence-corrected chi connectivity index (χ2v) is 9.77. The summed E-state index contributed by atoms with van der Waals surface area (Å²) in [4.78, 5) is 29.0. The van der Waals surface area contributed by atoms with Gasteiger partial charge in [-0.2, -0.15) is 0 Å². The number of amides is 2. The average Bonchev–Trinajstić information content (AvgIpc) is 2.78. The third kappa shape index (κ3) is 8.34. The van der Waals surface area contributed by atoms with E-state index in [1.807, 2.05) is 69.3 Å². The zero-order valence-electron chi connectivity index (χ0n) is 18.9. The van der Waals surface area contributed by atoms with Gasteiger partial charge in [0.1, 0.15) is 6.04 Å². The highest BCUT2D eigenvalue weighted by Crippen LogP contribution is 2.23. The zero-order valence-corrected chi connectivity index (χ0v) is 21.3. The number of hydrogen-bond acceptors (Lipinski definition) is 3. The lowest BCUT2D eigenvalue weighted by Gasteiger charge is -2.31. The van der Waals surface area contributed by atoms with Crippen LogP contribution in [0.4, 0.5) is 0 Å². The first-order valence-electron chi connectivity index (χ1n) is 11.1. The topological polar surface area (TPSA) is 49.4 Å². The number of nitrogens with zero attached hydrogens (tertiary/aromatic N) is 1. The number of carbonyl (C=O) groups excluding carboxylic acids is 2. The van der Waals surface area contributed by atoms with E-state index in [4.69, 9.17) is 23.2 Å². The summed E-state index contributed by atoms with van der Waals surface area (Å²) in [6, 6.07) is 14.7. The maximum atomic E-state index is 13.3. The van der Waals surface area contributed by atoms with Crippen molar-refractivity contribution in [1.82, 2.24) is 10.2 Å². The molecule has 4 nitrogen and oxygen atoms in total. The molecular weight excluding hydrogens is 463 g/mol. The second-order valence-electron chi connectivity index (χ2n) is 7.76. The molecule has 0 aliphatic heterocycles. The van der Waals surface area contributed by atoms with Crippen LogP contribution in [0.1, 0.15) is 52.0 Å². The molecular formula is C25H32Cl2N2O2S. The molecule has 2 aromatic rings. The van der Waals surface area contributed by atoms with Crippen LogP contribution in [-0.4, -0.2) is 34.6 Å². The van der Waals surface area contributed by atoms with Crippen molar-refractivity contribution < 1.29 is 9.59 Å². The normalized spacial score (nSPS) is 12.8. The second kappa shape index (κ2) is 13.8. The molecule has 0 spiro atoms. The fraction of sp³-hybridized carbons (Fsp3) is 0.440. The lowest BCUT2D eigenvalue weighted by molar-refractivity contribution is -0.141. The van der Waals surface area contributed by atoms with Crippen molar-refractivity contribution in [2.75, 3.05) is 5.75 Å². The standard InChI is InChI=1S/C25H32Cl2N2O2S/c1-4-18(3)28-25(31)23(5-2)29(17-19-9-6-7-10-22(19)27)24(30)11-8-16-32-21-14-12-20(26)13-15-21/h6-7,9-10,12-15,18,23H,4-5,8,11,16-17H2,1-3H3,(H,28,31)/t18-,23+/m1/s1. The Bertz CT molecular complexity index is 877. The summed E-state index contributed by atoms with van der Waals surface area (Å²) in [5.41, 5.74) is 0.841. The third-order valence-electron chi connectivity index (χ3n) is 5.30. The molecule has 0 saturated carbocycles. The number of rotatable bonds is 12. The summed E-state index contributed by atoms with van der Waals surface area (Å²) < 4.78 is 0. The van der Waals surface area contributed by atoms with Crippen LogP contribution in [0.15, 0.2) is 53.4 Å². The number of hydrogen-bond donors (Lipinski definition) is 1. The maximum absolute atomic E-state index is 13.3. The van der Waals surface area contributed by atoms with Crippen molar-refractivity contribution in [2.24, 2.45) is 0 Å². The SMILES string of the molecule is CC[C@@H](C)NC(=O)[C@H](CC)N(Cc1ccccc1Cl)C(=O)CCCSc1ccc(Cl)cc1. The predicted molar refractivity (Wildman–Crippen MR) is 135 cm³/mol. The van der Waals surface area contributed by atoms with E-state index in [0.717, 1.165) is 22.6 Å². The largest absolute Gasteiger partial charge is 0.352 e. The molecule has 0 radical (unpaired) electrons. The van der Waals surface area contributed by atoms with Gasteiger partial charge in [0.25, 0.3) is 0 Å². The van der Waals surface area contributed by atoms with Gasteiger partial charge in [-0.05, 0) is 67.8 Å². The zero-order chi connectivity index (χ0) is 23.5. The Hall–Kier alpha value is -1.69. The van der Waals surface area contributed by atoms with Crippen molar-refractivity contribution in [3.8, 4) is 0 Å². The van der Waals surface area contributed by atoms with E-state index in [1.54, 1.807) is 16.7 Å².